The Labute approximate surface area is 369 Å². The molecule has 0 aromatic heterocycles. The molecule has 9 nitrogen and oxygen atoms in total. The third kappa shape index (κ3) is 8.92. The molecule has 354 valence electrons. The van der Waals surface area contributed by atoms with Crippen LogP contribution in [-0.4, -0.2) is 98.9 Å². The maximum atomic E-state index is 15.3. The van der Waals surface area contributed by atoms with Crippen molar-refractivity contribution in [1.82, 2.24) is 19.6 Å². The van der Waals surface area contributed by atoms with Gasteiger partial charge in [-0.2, -0.15) is 26.3 Å². The average Bonchev–Trinajstić information content (AvgIpc) is 3.73. The number of carbonyl (C=O) groups is 5. The Hall–Kier alpha value is -2.87. The standard InChI is InChI=1S/C48H70F6N4O5/c1-29-3-7-33(8-4-29)43(61)34-11-9-31(10-12-34)32-13-21-37(22-14-32)55-27-42(60)58(44(55)62)40-25-17-36(18-26-40)46(47(49,50)51,48(52,53)54)35-15-23-38(24-16-35)56-28-41(59)57(45(56)63)39-19-5-30(2)6-20-39/h29-40H,3-28H2,1-2H3. The van der Waals surface area contributed by atoms with Gasteiger partial charge in [0.2, 0.25) is 0 Å². The molecule has 15 heteroatoms. The van der Waals surface area contributed by atoms with Crippen LogP contribution in [0.15, 0.2) is 0 Å². The van der Waals surface area contributed by atoms with Crippen molar-refractivity contribution >= 4 is 29.7 Å². The van der Waals surface area contributed by atoms with Gasteiger partial charge in [0.15, 0.2) is 5.41 Å². The van der Waals surface area contributed by atoms with E-state index in [0.717, 1.165) is 94.8 Å². The molecule has 0 spiro atoms. The van der Waals surface area contributed by atoms with Crippen molar-refractivity contribution in [3.8, 4) is 0 Å². The lowest BCUT2D eigenvalue weighted by Gasteiger charge is -2.52. The smallest absolute Gasteiger partial charge is 0.312 e. The van der Waals surface area contributed by atoms with Crippen LogP contribution in [0.4, 0.5) is 35.9 Å². The van der Waals surface area contributed by atoms with Crippen LogP contribution >= 0.6 is 0 Å². The highest BCUT2D eigenvalue weighted by molar-refractivity contribution is 6.03. The maximum Gasteiger partial charge on any atom is 0.403 e. The zero-order valence-electron chi connectivity index (χ0n) is 37.4. The van der Waals surface area contributed by atoms with Crippen molar-refractivity contribution in [3.63, 3.8) is 0 Å². The molecule has 63 heavy (non-hydrogen) atoms. The molecule has 6 aliphatic carbocycles. The Kier molecular flexibility index (Phi) is 13.6. The van der Waals surface area contributed by atoms with Crippen LogP contribution in [0.2, 0.25) is 0 Å². The monoisotopic (exact) mass is 897 g/mol. The molecule has 2 saturated heterocycles. The number of amides is 6. The van der Waals surface area contributed by atoms with Gasteiger partial charge in [0, 0.05) is 36.0 Å². The molecule has 0 atom stereocenters. The van der Waals surface area contributed by atoms with Crippen LogP contribution in [0.1, 0.15) is 168 Å². The summed E-state index contributed by atoms with van der Waals surface area (Å²) in [7, 11) is 0. The van der Waals surface area contributed by atoms with E-state index in [2.05, 4.69) is 13.8 Å². The first-order chi connectivity index (χ1) is 29.9. The molecular formula is C48H70F6N4O5. The fourth-order valence-corrected chi connectivity index (χ4v) is 14.5. The van der Waals surface area contributed by atoms with Gasteiger partial charge in [-0.25, -0.2) is 9.59 Å². The number of halogens is 6. The van der Waals surface area contributed by atoms with Crippen molar-refractivity contribution in [3.05, 3.63) is 0 Å². The van der Waals surface area contributed by atoms with E-state index in [1.807, 2.05) is 0 Å². The van der Waals surface area contributed by atoms with Crippen molar-refractivity contribution in [2.24, 2.45) is 52.8 Å². The first kappa shape index (κ1) is 46.7. The molecule has 2 aliphatic heterocycles. The maximum absolute atomic E-state index is 15.3. The first-order valence-electron chi connectivity index (χ1n) is 24.8. The van der Waals surface area contributed by atoms with Gasteiger partial charge in [-0.3, -0.25) is 24.2 Å². The topological polar surface area (TPSA) is 98.3 Å². The van der Waals surface area contributed by atoms with E-state index < -0.39 is 72.5 Å². The second kappa shape index (κ2) is 18.4. The van der Waals surface area contributed by atoms with Gasteiger partial charge in [0.1, 0.15) is 18.9 Å². The van der Waals surface area contributed by atoms with Gasteiger partial charge in [-0.15, -0.1) is 0 Å². The van der Waals surface area contributed by atoms with Crippen LogP contribution < -0.4 is 0 Å². The molecule has 0 unspecified atom stereocenters. The summed E-state index contributed by atoms with van der Waals surface area (Å²) in [4.78, 5) is 72.5. The van der Waals surface area contributed by atoms with Crippen molar-refractivity contribution < 1.29 is 50.3 Å². The van der Waals surface area contributed by atoms with E-state index in [1.54, 1.807) is 4.90 Å². The van der Waals surface area contributed by atoms with Crippen molar-refractivity contribution in [2.75, 3.05) is 13.1 Å². The molecule has 8 fully saturated rings. The van der Waals surface area contributed by atoms with Crippen LogP contribution in [0.25, 0.3) is 0 Å². The Bertz CT molecular complexity index is 1660. The molecule has 6 amide bonds. The highest BCUT2D eigenvalue weighted by Crippen LogP contribution is 2.65. The summed E-state index contributed by atoms with van der Waals surface area (Å²) in [6.07, 6.45) is 1.56. The molecule has 8 rings (SSSR count). The summed E-state index contributed by atoms with van der Waals surface area (Å²) < 4.78 is 91.9. The quantitative estimate of drug-likeness (QED) is 0.170. The van der Waals surface area contributed by atoms with Gasteiger partial charge < -0.3 is 9.80 Å². The van der Waals surface area contributed by atoms with Gasteiger partial charge in [0.05, 0.1) is 0 Å². The largest absolute Gasteiger partial charge is 0.403 e. The molecule has 8 aliphatic rings. The van der Waals surface area contributed by atoms with Crippen LogP contribution in [-0.2, 0) is 14.4 Å². The minimum atomic E-state index is -5.60. The Morgan fingerprint density at radius 1 is 0.429 bits per heavy atom. The predicted molar refractivity (Wildman–Crippen MR) is 223 cm³/mol. The minimum absolute atomic E-state index is 0.0565. The summed E-state index contributed by atoms with van der Waals surface area (Å²) in [5.74, 6) is -1.22. The number of Topliss-reactive ketones (excluding diaryl/α,β-unsaturated/α-hetero) is 1. The van der Waals surface area contributed by atoms with E-state index in [1.165, 1.54) is 9.80 Å². The number of nitrogens with zero attached hydrogens (tertiary/aromatic N) is 4. The molecule has 2 heterocycles. The highest BCUT2D eigenvalue weighted by Gasteiger charge is 2.76. The minimum Gasteiger partial charge on any atom is -0.312 e. The van der Waals surface area contributed by atoms with Crippen LogP contribution in [0.5, 0.6) is 0 Å². The summed E-state index contributed by atoms with van der Waals surface area (Å²) in [6.45, 7) is 4.06. The van der Waals surface area contributed by atoms with Crippen LogP contribution in [0, 0.1) is 52.8 Å². The zero-order valence-corrected chi connectivity index (χ0v) is 37.4. The number of carbonyl (C=O) groups excluding carboxylic acids is 5. The van der Waals surface area contributed by atoms with E-state index in [4.69, 9.17) is 0 Å². The SMILES string of the molecule is CC1CCC(C(=O)C2CCC(C3CCC(N4CC(=O)N(C5CCC(C(C6CCC(N7CC(=O)N(C8CCC(C)CC8)C7=O)CC6)(C(F)(F)F)C(F)(F)F)CC5)C4=O)CC3)CC2)CC1. The fraction of sp³-hybridized carbons (Fsp3) is 0.896. The molecule has 0 aromatic rings. The second-order valence-corrected chi connectivity index (χ2v) is 21.7. The molecule has 0 bridgehead atoms. The summed E-state index contributed by atoms with van der Waals surface area (Å²) in [5.41, 5.74) is -3.97. The van der Waals surface area contributed by atoms with Crippen LogP contribution in [0.3, 0.4) is 0 Å². The highest BCUT2D eigenvalue weighted by atomic mass is 19.4. The number of hydrogen-bond donors (Lipinski definition) is 0. The second-order valence-electron chi connectivity index (χ2n) is 21.7. The van der Waals surface area contributed by atoms with Crippen molar-refractivity contribution in [2.45, 2.75) is 204 Å². The Balaban J connectivity index is 0.843. The summed E-state index contributed by atoms with van der Waals surface area (Å²) >= 11 is 0. The molecule has 0 aromatic carbocycles. The molecular weight excluding hydrogens is 827 g/mol. The van der Waals surface area contributed by atoms with Gasteiger partial charge >= 0.3 is 24.4 Å². The number of alkyl halides is 6. The zero-order chi connectivity index (χ0) is 45.0. The van der Waals surface area contributed by atoms with E-state index in [-0.39, 0.29) is 81.4 Å². The van der Waals surface area contributed by atoms with Crippen molar-refractivity contribution in [1.29, 1.82) is 0 Å². The van der Waals surface area contributed by atoms with Gasteiger partial charge in [0.25, 0.3) is 11.8 Å². The number of hydrogen-bond acceptors (Lipinski definition) is 5. The summed E-state index contributed by atoms with van der Waals surface area (Å²) in [6, 6.07) is -2.71. The van der Waals surface area contributed by atoms with E-state index in [9.17, 15) is 24.0 Å². The number of ketones is 1. The third-order valence-corrected chi connectivity index (χ3v) is 18.3. The third-order valence-electron chi connectivity index (χ3n) is 18.3. The lowest BCUT2D eigenvalue weighted by molar-refractivity contribution is -0.382. The van der Waals surface area contributed by atoms with E-state index >= 15 is 26.3 Å². The fourth-order valence-electron chi connectivity index (χ4n) is 14.5. The van der Waals surface area contributed by atoms with Gasteiger partial charge in [-0.05, 0) is 177 Å². The molecule has 6 saturated carbocycles. The lowest BCUT2D eigenvalue weighted by atomic mass is 9.57. The molecule has 0 N–H and O–H groups in total. The average molecular weight is 897 g/mol. The first-order valence-corrected chi connectivity index (χ1v) is 24.8. The van der Waals surface area contributed by atoms with E-state index in [0.29, 0.717) is 42.3 Å². The molecule has 0 radical (unpaired) electrons. The number of rotatable bonds is 9. The summed E-state index contributed by atoms with van der Waals surface area (Å²) in [5, 5.41) is 0. The number of urea groups is 2. The van der Waals surface area contributed by atoms with Gasteiger partial charge in [-0.1, -0.05) is 26.7 Å². The lowest BCUT2D eigenvalue weighted by Crippen LogP contribution is -2.61. The predicted octanol–water partition coefficient (Wildman–Crippen LogP) is 11.1. The Morgan fingerprint density at radius 3 is 1.11 bits per heavy atom. The normalized spacial score (nSPS) is 38.2. The Morgan fingerprint density at radius 2 is 0.730 bits per heavy atom. The number of imide groups is 2.